The summed E-state index contributed by atoms with van der Waals surface area (Å²) in [6.07, 6.45) is 2.58. The molecule has 0 radical (unpaired) electrons. The molecule has 0 aromatic carbocycles. The molecule has 90 valence electrons. The molecule has 1 N–H and O–H groups in total. The lowest BCUT2D eigenvalue weighted by molar-refractivity contribution is 0.215. The predicted octanol–water partition coefficient (Wildman–Crippen LogP) is -0.358. The fourth-order valence-corrected chi connectivity index (χ4v) is 2.05. The van der Waals surface area contributed by atoms with Crippen molar-refractivity contribution in [1.82, 2.24) is 30.4 Å². The van der Waals surface area contributed by atoms with Crippen molar-refractivity contribution in [3.05, 3.63) is 5.82 Å². The summed E-state index contributed by atoms with van der Waals surface area (Å²) in [7, 11) is 3.97. The van der Waals surface area contributed by atoms with Gasteiger partial charge in [-0.25, -0.2) is 0 Å². The van der Waals surface area contributed by atoms with Crippen molar-refractivity contribution in [3.63, 3.8) is 0 Å². The van der Waals surface area contributed by atoms with Gasteiger partial charge in [-0.3, -0.25) is 0 Å². The van der Waals surface area contributed by atoms with E-state index in [0.29, 0.717) is 0 Å². The number of nitrogens with one attached hydrogen (secondary N) is 1. The summed E-state index contributed by atoms with van der Waals surface area (Å²) in [5, 5.41) is 15.3. The van der Waals surface area contributed by atoms with E-state index in [4.69, 9.17) is 0 Å². The maximum Gasteiger partial charge on any atom is 0.188 e. The molecule has 2 rings (SSSR count). The zero-order valence-electron chi connectivity index (χ0n) is 10.1. The van der Waals surface area contributed by atoms with Gasteiger partial charge in [0.05, 0.1) is 13.6 Å². The van der Waals surface area contributed by atoms with E-state index in [2.05, 4.69) is 32.7 Å². The summed E-state index contributed by atoms with van der Waals surface area (Å²) in [5.74, 6) is 1.57. The van der Waals surface area contributed by atoms with Gasteiger partial charge in [0.2, 0.25) is 0 Å². The normalized spacial score (nSPS) is 19.1. The molecule has 0 unspecified atom stereocenters. The molecule has 1 saturated heterocycles. The predicted molar refractivity (Wildman–Crippen MR) is 60.7 cm³/mol. The monoisotopic (exact) mass is 224 g/mol. The minimum Gasteiger partial charge on any atom is -0.309 e. The van der Waals surface area contributed by atoms with Gasteiger partial charge in [0, 0.05) is 0 Å². The van der Waals surface area contributed by atoms with Gasteiger partial charge in [-0.15, -0.1) is 10.2 Å². The van der Waals surface area contributed by atoms with Crippen molar-refractivity contribution in [2.75, 3.05) is 26.7 Å². The third kappa shape index (κ3) is 3.24. The van der Waals surface area contributed by atoms with Crippen LogP contribution < -0.4 is 5.32 Å². The Hall–Kier alpha value is -1.01. The van der Waals surface area contributed by atoms with Crippen LogP contribution in [0.1, 0.15) is 18.7 Å². The van der Waals surface area contributed by atoms with E-state index in [1.165, 1.54) is 30.7 Å². The number of hydrogen-bond acceptors (Lipinski definition) is 5. The molecule has 0 atom stereocenters. The molecule has 1 aromatic rings. The van der Waals surface area contributed by atoms with E-state index in [0.717, 1.165) is 24.8 Å². The highest BCUT2D eigenvalue weighted by molar-refractivity contribution is 4.77. The molecule has 0 saturated carbocycles. The van der Waals surface area contributed by atoms with Crippen LogP contribution in [0.4, 0.5) is 0 Å². The van der Waals surface area contributed by atoms with Gasteiger partial charge in [-0.1, -0.05) is 0 Å². The first kappa shape index (κ1) is 11.5. The molecule has 1 aliphatic rings. The second kappa shape index (κ2) is 5.36. The first-order chi connectivity index (χ1) is 7.74. The van der Waals surface area contributed by atoms with E-state index in [9.17, 15) is 0 Å². The second-order valence-corrected chi connectivity index (χ2v) is 4.57. The summed E-state index contributed by atoms with van der Waals surface area (Å²) in [5.41, 5.74) is 0. The van der Waals surface area contributed by atoms with E-state index < -0.39 is 0 Å². The van der Waals surface area contributed by atoms with Gasteiger partial charge in [0.15, 0.2) is 5.82 Å². The highest BCUT2D eigenvalue weighted by Crippen LogP contribution is 2.14. The van der Waals surface area contributed by atoms with E-state index in [-0.39, 0.29) is 0 Å². The molecule has 6 heteroatoms. The lowest BCUT2D eigenvalue weighted by Crippen LogP contribution is -2.34. The molecule has 2 heterocycles. The summed E-state index contributed by atoms with van der Waals surface area (Å²) < 4.78 is 0. The first-order valence-electron chi connectivity index (χ1n) is 5.86. The van der Waals surface area contributed by atoms with Crippen LogP contribution in [-0.2, 0) is 13.6 Å². The standard InChI is InChI=1S/C10H20N6/c1-15-5-3-9(4-6-15)7-11-8-10-12-14-16(2)13-10/h9,11H,3-8H2,1-2H3. The molecule has 1 fully saturated rings. The number of aryl methyl sites for hydroxylation is 1. The SMILES string of the molecule is CN1CCC(CNCc2nnn(C)n2)CC1. The Morgan fingerprint density at radius 1 is 1.31 bits per heavy atom. The molecule has 6 nitrogen and oxygen atoms in total. The summed E-state index contributed by atoms with van der Waals surface area (Å²) in [6, 6.07) is 0. The maximum atomic E-state index is 4.13. The van der Waals surface area contributed by atoms with Gasteiger partial charge in [-0.2, -0.15) is 4.80 Å². The number of likely N-dealkylation sites (tertiary alicyclic amines) is 1. The Labute approximate surface area is 96.0 Å². The molecular formula is C10H20N6. The lowest BCUT2D eigenvalue weighted by Gasteiger charge is -2.28. The van der Waals surface area contributed by atoms with Gasteiger partial charge in [0.1, 0.15) is 0 Å². The van der Waals surface area contributed by atoms with Crippen LogP contribution >= 0.6 is 0 Å². The number of tetrazole rings is 1. The van der Waals surface area contributed by atoms with E-state index in [1.54, 1.807) is 7.05 Å². The largest absolute Gasteiger partial charge is 0.309 e. The van der Waals surface area contributed by atoms with Crippen LogP contribution in [0.3, 0.4) is 0 Å². The Morgan fingerprint density at radius 2 is 2.06 bits per heavy atom. The fourth-order valence-electron chi connectivity index (χ4n) is 2.05. The van der Waals surface area contributed by atoms with Crippen molar-refractivity contribution in [2.45, 2.75) is 19.4 Å². The third-order valence-corrected chi connectivity index (χ3v) is 3.10. The Balaban J connectivity index is 1.64. The van der Waals surface area contributed by atoms with Gasteiger partial charge >= 0.3 is 0 Å². The van der Waals surface area contributed by atoms with Crippen LogP contribution in [0, 0.1) is 5.92 Å². The van der Waals surface area contributed by atoms with E-state index >= 15 is 0 Å². The van der Waals surface area contributed by atoms with Crippen molar-refractivity contribution >= 4 is 0 Å². The molecule has 0 bridgehead atoms. The minimum atomic E-state index is 0.722. The first-order valence-corrected chi connectivity index (χ1v) is 5.86. The quantitative estimate of drug-likeness (QED) is 0.757. The summed E-state index contributed by atoms with van der Waals surface area (Å²) >= 11 is 0. The number of rotatable bonds is 4. The molecular weight excluding hydrogens is 204 g/mol. The van der Waals surface area contributed by atoms with Crippen LogP contribution in [-0.4, -0.2) is 51.8 Å². The highest BCUT2D eigenvalue weighted by atomic mass is 15.6. The highest BCUT2D eigenvalue weighted by Gasteiger charge is 2.16. The van der Waals surface area contributed by atoms with Crippen LogP contribution in [0.5, 0.6) is 0 Å². The Bertz CT molecular complexity index is 315. The average Bonchev–Trinajstić information content (AvgIpc) is 2.67. The lowest BCUT2D eigenvalue weighted by atomic mass is 9.97. The number of hydrogen-bond donors (Lipinski definition) is 1. The molecule has 0 amide bonds. The topological polar surface area (TPSA) is 58.9 Å². The molecule has 0 aliphatic carbocycles. The Kier molecular flexibility index (Phi) is 3.84. The number of nitrogens with zero attached hydrogens (tertiary/aromatic N) is 5. The van der Waals surface area contributed by atoms with Crippen LogP contribution in [0.25, 0.3) is 0 Å². The van der Waals surface area contributed by atoms with E-state index in [1.807, 2.05) is 0 Å². The minimum absolute atomic E-state index is 0.722. The van der Waals surface area contributed by atoms with Crippen molar-refractivity contribution < 1.29 is 0 Å². The molecule has 16 heavy (non-hydrogen) atoms. The van der Waals surface area contributed by atoms with Crippen LogP contribution in [0.2, 0.25) is 0 Å². The molecule has 1 aliphatic heterocycles. The van der Waals surface area contributed by atoms with Crippen LogP contribution in [0.15, 0.2) is 0 Å². The second-order valence-electron chi connectivity index (χ2n) is 4.57. The van der Waals surface area contributed by atoms with Gasteiger partial charge < -0.3 is 10.2 Å². The summed E-state index contributed by atoms with van der Waals surface area (Å²) in [6.45, 7) is 4.22. The maximum absolute atomic E-state index is 4.13. The molecule has 0 spiro atoms. The zero-order valence-corrected chi connectivity index (χ0v) is 10.1. The van der Waals surface area contributed by atoms with Crippen molar-refractivity contribution in [1.29, 1.82) is 0 Å². The van der Waals surface area contributed by atoms with Gasteiger partial charge in [0.25, 0.3) is 0 Å². The number of piperidine rings is 1. The Morgan fingerprint density at radius 3 is 2.69 bits per heavy atom. The third-order valence-electron chi connectivity index (χ3n) is 3.10. The fraction of sp³-hybridized carbons (Fsp3) is 0.900. The van der Waals surface area contributed by atoms with Gasteiger partial charge in [-0.05, 0) is 50.7 Å². The average molecular weight is 224 g/mol. The smallest absolute Gasteiger partial charge is 0.188 e. The molecule has 1 aromatic heterocycles. The van der Waals surface area contributed by atoms with Crippen molar-refractivity contribution in [3.8, 4) is 0 Å². The zero-order chi connectivity index (χ0) is 11.4. The number of aromatic nitrogens is 4. The van der Waals surface area contributed by atoms with Crippen molar-refractivity contribution in [2.24, 2.45) is 13.0 Å². The summed E-state index contributed by atoms with van der Waals surface area (Å²) in [4.78, 5) is 3.88.